The van der Waals surface area contributed by atoms with E-state index in [1.807, 2.05) is 0 Å². The number of ether oxygens (including phenoxy) is 1. The van der Waals surface area contributed by atoms with Gasteiger partial charge in [0.1, 0.15) is 26.9 Å². The van der Waals surface area contributed by atoms with E-state index in [2.05, 4.69) is 10.2 Å². The van der Waals surface area contributed by atoms with Gasteiger partial charge < -0.3 is 15.6 Å². The maximum absolute atomic E-state index is 11.8. The summed E-state index contributed by atoms with van der Waals surface area (Å²) in [6.45, 7) is 0. The second-order valence-electron chi connectivity index (χ2n) is 6.04. The molecule has 30 heavy (non-hydrogen) atoms. The molecule has 0 amide bonds. The minimum Gasteiger partial charge on any atom is -0.505 e. The maximum Gasteiger partial charge on any atom is 0.296 e. The number of nitrogens with zero attached hydrogens (tertiary/aromatic N) is 2. The van der Waals surface area contributed by atoms with E-state index in [-0.39, 0.29) is 27.9 Å². The van der Waals surface area contributed by atoms with Crippen LogP contribution in [0.3, 0.4) is 0 Å². The number of hydrogen-bond acceptors (Lipinski definition) is 9. The Bertz CT molecular complexity index is 1400. The smallest absolute Gasteiger partial charge is 0.296 e. The summed E-state index contributed by atoms with van der Waals surface area (Å²) in [7, 11) is -8.30. The molecule has 0 atom stereocenters. The SMILES string of the molecule is COc1ccc(N=Nc2c(S(=O)(=O)O)cc3ccc(N)cc3c2O)c(S(=O)(=O)O)c1. The van der Waals surface area contributed by atoms with Gasteiger partial charge in [-0.3, -0.25) is 9.11 Å². The van der Waals surface area contributed by atoms with Crippen LogP contribution in [0.15, 0.2) is 62.5 Å². The van der Waals surface area contributed by atoms with Crippen LogP contribution in [0.4, 0.5) is 17.1 Å². The molecule has 0 heterocycles. The predicted molar refractivity (Wildman–Crippen MR) is 107 cm³/mol. The molecule has 0 saturated carbocycles. The average Bonchev–Trinajstić information content (AvgIpc) is 2.66. The first-order chi connectivity index (χ1) is 13.9. The van der Waals surface area contributed by atoms with Crippen LogP contribution in [-0.4, -0.2) is 38.2 Å². The molecule has 13 heteroatoms. The molecule has 0 aliphatic rings. The van der Waals surface area contributed by atoms with Gasteiger partial charge >= 0.3 is 0 Å². The first-order valence-electron chi connectivity index (χ1n) is 8.02. The molecule has 0 bridgehead atoms. The number of benzene rings is 3. The summed E-state index contributed by atoms with van der Waals surface area (Å²) in [5.41, 5.74) is 4.94. The van der Waals surface area contributed by atoms with E-state index in [0.29, 0.717) is 0 Å². The van der Waals surface area contributed by atoms with Gasteiger partial charge in [-0.1, -0.05) is 6.07 Å². The average molecular weight is 453 g/mol. The van der Waals surface area contributed by atoms with Gasteiger partial charge in [0.25, 0.3) is 20.2 Å². The van der Waals surface area contributed by atoms with Crippen molar-refractivity contribution < 1.29 is 35.8 Å². The molecule has 0 saturated heterocycles. The quantitative estimate of drug-likeness (QED) is 0.255. The highest BCUT2D eigenvalue weighted by atomic mass is 32.2. The third kappa shape index (κ3) is 4.18. The van der Waals surface area contributed by atoms with Crippen LogP contribution in [0.5, 0.6) is 11.5 Å². The lowest BCUT2D eigenvalue weighted by Crippen LogP contribution is -2.00. The minimum absolute atomic E-state index is 0.101. The molecule has 3 aromatic rings. The van der Waals surface area contributed by atoms with Gasteiger partial charge in [-0.25, -0.2) is 0 Å². The van der Waals surface area contributed by atoms with Crippen LogP contribution < -0.4 is 10.5 Å². The van der Waals surface area contributed by atoms with Gasteiger partial charge in [0.2, 0.25) is 0 Å². The predicted octanol–water partition coefficient (Wildman–Crippen LogP) is 3.05. The van der Waals surface area contributed by atoms with Gasteiger partial charge in [0, 0.05) is 17.1 Å². The lowest BCUT2D eigenvalue weighted by Gasteiger charge is -2.10. The number of nitrogen functional groups attached to an aromatic ring is 1. The van der Waals surface area contributed by atoms with Crippen molar-refractivity contribution in [3.05, 3.63) is 42.5 Å². The molecular formula is C17H15N3O8S2. The molecule has 0 unspecified atom stereocenters. The highest BCUT2D eigenvalue weighted by molar-refractivity contribution is 7.86. The van der Waals surface area contributed by atoms with E-state index in [0.717, 1.165) is 18.2 Å². The van der Waals surface area contributed by atoms with E-state index in [1.54, 1.807) is 0 Å². The zero-order valence-electron chi connectivity index (χ0n) is 15.2. The summed E-state index contributed by atoms with van der Waals surface area (Å²) < 4.78 is 70.7. The van der Waals surface area contributed by atoms with Crippen molar-refractivity contribution in [3.8, 4) is 11.5 Å². The standard InChI is InChI=1S/C17H15N3O8S2/c1-28-11-4-5-13(14(8-11)29(22,23)24)19-20-16-15(30(25,26)27)6-9-2-3-10(18)7-12(9)17(16)21/h2-8,21H,18H2,1H3,(H,22,23,24)(H,25,26,27). The summed E-state index contributed by atoms with van der Waals surface area (Å²) in [6.07, 6.45) is 0. The lowest BCUT2D eigenvalue weighted by atomic mass is 10.1. The van der Waals surface area contributed by atoms with E-state index >= 15 is 0 Å². The molecule has 3 rings (SSSR count). The highest BCUT2D eigenvalue weighted by Gasteiger charge is 2.23. The second kappa shape index (κ2) is 7.53. The number of phenolic OH excluding ortho intramolecular Hbond substituents is 1. The van der Waals surface area contributed by atoms with Crippen LogP contribution in [0, 0.1) is 0 Å². The van der Waals surface area contributed by atoms with Crippen molar-refractivity contribution in [2.45, 2.75) is 9.79 Å². The summed E-state index contributed by atoms with van der Waals surface area (Å²) in [4.78, 5) is -1.42. The Morgan fingerprint density at radius 1 is 0.900 bits per heavy atom. The van der Waals surface area contributed by atoms with Crippen LogP contribution >= 0.6 is 0 Å². The van der Waals surface area contributed by atoms with Crippen molar-refractivity contribution in [2.24, 2.45) is 10.2 Å². The number of rotatable bonds is 5. The molecule has 0 spiro atoms. The molecule has 158 valence electrons. The summed E-state index contributed by atoms with van der Waals surface area (Å²) in [5, 5.41) is 18.2. The molecule has 0 aliphatic carbocycles. The largest absolute Gasteiger partial charge is 0.505 e. The van der Waals surface area contributed by atoms with E-state index < -0.39 is 41.5 Å². The van der Waals surface area contributed by atoms with Crippen molar-refractivity contribution >= 4 is 48.1 Å². The number of aromatic hydroxyl groups is 1. The van der Waals surface area contributed by atoms with E-state index in [9.17, 15) is 31.0 Å². The fourth-order valence-electron chi connectivity index (χ4n) is 2.67. The number of methoxy groups -OCH3 is 1. The Morgan fingerprint density at radius 2 is 1.57 bits per heavy atom. The van der Waals surface area contributed by atoms with Gasteiger partial charge in [0.05, 0.1) is 7.11 Å². The minimum atomic E-state index is -4.84. The Hall–Kier alpha value is -3.26. The molecule has 0 fully saturated rings. The Balaban J connectivity index is 2.28. The fourth-order valence-corrected chi connectivity index (χ4v) is 3.96. The number of hydrogen-bond donors (Lipinski definition) is 4. The Labute approximate surface area is 170 Å². The Kier molecular flexibility index (Phi) is 5.38. The van der Waals surface area contributed by atoms with Crippen LogP contribution in [0.1, 0.15) is 0 Å². The Morgan fingerprint density at radius 3 is 2.17 bits per heavy atom. The van der Waals surface area contributed by atoms with Crippen molar-refractivity contribution in [2.75, 3.05) is 12.8 Å². The van der Waals surface area contributed by atoms with Crippen LogP contribution in [0.2, 0.25) is 0 Å². The third-order valence-electron chi connectivity index (χ3n) is 4.06. The monoisotopic (exact) mass is 453 g/mol. The van der Waals surface area contributed by atoms with Crippen molar-refractivity contribution in [3.63, 3.8) is 0 Å². The summed E-state index contributed by atoms with van der Waals surface area (Å²) in [5.74, 6) is -0.553. The zero-order chi connectivity index (χ0) is 22.3. The molecular weight excluding hydrogens is 438 g/mol. The van der Waals surface area contributed by atoms with Gasteiger partial charge in [-0.05, 0) is 35.7 Å². The van der Waals surface area contributed by atoms with Crippen LogP contribution in [-0.2, 0) is 20.2 Å². The number of fused-ring (bicyclic) bond motifs is 1. The third-order valence-corrected chi connectivity index (χ3v) is 5.81. The molecule has 0 radical (unpaired) electrons. The first-order valence-corrected chi connectivity index (χ1v) is 10.9. The fraction of sp³-hybridized carbons (Fsp3) is 0.0588. The van der Waals surface area contributed by atoms with Crippen LogP contribution in [0.25, 0.3) is 10.8 Å². The first kappa shape index (κ1) is 21.4. The van der Waals surface area contributed by atoms with E-state index in [1.165, 1.54) is 31.4 Å². The number of phenols is 1. The van der Waals surface area contributed by atoms with E-state index in [4.69, 9.17) is 10.5 Å². The second-order valence-corrected chi connectivity index (χ2v) is 8.82. The normalized spacial score (nSPS) is 12.5. The number of anilines is 1. The highest BCUT2D eigenvalue weighted by Crippen LogP contribution is 2.42. The summed E-state index contributed by atoms with van der Waals surface area (Å²) in [6, 6.07) is 8.76. The zero-order valence-corrected chi connectivity index (χ0v) is 16.8. The maximum atomic E-state index is 11.8. The molecule has 11 nitrogen and oxygen atoms in total. The molecule has 0 aliphatic heterocycles. The van der Waals surface area contributed by atoms with Crippen molar-refractivity contribution in [1.29, 1.82) is 0 Å². The molecule has 0 aromatic heterocycles. The topological polar surface area (TPSA) is 189 Å². The van der Waals surface area contributed by atoms with Gasteiger partial charge in [-0.2, -0.15) is 16.8 Å². The molecule has 5 N–H and O–H groups in total. The van der Waals surface area contributed by atoms with Gasteiger partial charge in [0.15, 0.2) is 5.75 Å². The number of azo groups is 1. The van der Waals surface area contributed by atoms with Gasteiger partial charge in [-0.15, -0.1) is 10.2 Å². The molecule has 3 aromatic carbocycles. The summed E-state index contributed by atoms with van der Waals surface area (Å²) >= 11 is 0. The number of nitrogens with two attached hydrogens (primary N) is 1. The lowest BCUT2D eigenvalue weighted by molar-refractivity contribution is 0.412. The van der Waals surface area contributed by atoms with Crippen molar-refractivity contribution in [1.82, 2.24) is 0 Å².